The van der Waals surface area contributed by atoms with Crippen LogP contribution in [0.3, 0.4) is 0 Å². The van der Waals surface area contributed by atoms with Crippen molar-refractivity contribution >= 4 is 39.9 Å². The van der Waals surface area contributed by atoms with Gasteiger partial charge in [-0.15, -0.1) is 0 Å². The van der Waals surface area contributed by atoms with Crippen LogP contribution in [0.5, 0.6) is 0 Å². The molecule has 1 aliphatic heterocycles. The molecule has 0 atom stereocenters. The molecule has 1 aromatic heterocycles. The Kier molecular flexibility index (Phi) is 5.86. The molecular formula is C25H24Cl2N4. The molecule has 4 nitrogen and oxygen atoms in total. The lowest BCUT2D eigenvalue weighted by Gasteiger charge is -2.24. The van der Waals surface area contributed by atoms with E-state index in [1.54, 1.807) is 0 Å². The van der Waals surface area contributed by atoms with Crippen molar-refractivity contribution in [2.75, 3.05) is 18.4 Å². The average Bonchev–Trinajstić information content (AvgIpc) is 3.19. The Morgan fingerprint density at radius 3 is 2.00 bits per heavy atom. The topological polar surface area (TPSA) is 52.7 Å². The minimum atomic E-state index is 0.0700. The van der Waals surface area contributed by atoms with Crippen LogP contribution >= 0.6 is 23.2 Å². The van der Waals surface area contributed by atoms with Crippen LogP contribution in [0.15, 0.2) is 66.7 Å². The number of rotatable bonds is 5. The van der Waals surface area contributed by atoms with E-state index in [1.807, 2.05) is 24.3 Å². The Labute approximate surface area is 192 Å². The largest absolute Gasteiger partial charge is 0.365 e. The van der Waals surface area contributed by atoms with Gasteiger partial charge in [0.05, 0.1) is 5.52 Å². The van der Waals surface area contributed by atoms with Crippen molar-refractivity contribution in [2.45, 2.75) is 24.8 Å². The molecule has 1 aliphatic rings. The van der Waals surface area contributed by atoms with Gasteiger partial charge in [-0.1, -0.05) is 53.5 Å². The van der Waals surface area contributed by atoms with Crippen molar-refractivity contribution in [2.24, 2.45) is 0 Å². The molecule has 3 aromatic carbocycles. The highest BCUT2D eigenvalue weighted by Gasteiger charge is 2.20. The minimum absolute atomic E-state index is 0.0700. The lowest BCUT2D eigenvalue weighted by molar-refractivity contribution is 0.478. The molecule has 6 heteroatoms. The number of nitrogens with zero attached hydrogens (tertiary/aromatic N) is 1. The molecule has 0 radical (unpaired) electrons. The normalized spacial score (nSPS) is 14.9. The molecule has 0 amide bonds. The van der Waals surface area contributed by atoms with Crippen molar-refractivity contribution in [3.63, 3.8) is 0 Å². The minimum Gasteiger partial charge on any atom is -0.365 e. The van der Waals surface area contributed by atoms with Crippen molar-refractivity contribution in [1.29, 1.82) is 0 Å². The molecule has 158 valence electrons. The number of piperidine rings is 1. The number of fused-ring (bicyclic) bond motifs is 1. The van der Waals surface area contributed by atoms with Crippen molar-refractivity contribution in [3.8, 4) is 0 Å². The SMILES string of the molecule is Clc1ccc(C(c2ccc(Cl)cc2)c2ccc3[nH]nc(NC4CCNCC4)c3c2)cc1. The quantitative estimate of drug-likeness (QED) is 0.316. The van der Waals surface area contributed by atoms with Gasteiger partial charge in [-0.25, -0.2) is 0 Å². The zero-order chi connectivity index (χ0) is 21.2. The average molecular weight is 451 g/mol. The van der Waals surface area contributed by atoms with E-state index in [1.165, 1.54) is 16.7 Å². The van der Waals surface area contributed by atoms with Gasteiger partial charge < -0.3 is 10.6 Å². The maximum absolute atomic E-state index is 6.16. The zero-order valence-electron chi connectivity index (χ0n) is 17.0. The van der Waals surface area contributed by atoms with E-state index in [0.29, 0.717) is 6.04 Å². The van der Waals surface area contributed by atoms with E-state index >= 15 is 0 Å². The van der Waals surface area contributed by atoms with Gasteiger partial charge >= 0.3 is 0 Å². The van der Waals surface area contributed by atoms with Gasteiger partial charge in [0.2, 0.25) is 0 Å². The molecule has 31 heavy (non-hydrogen) atoms. The molecular weight excluding hydrogens is 427 g/mol. The Hall–Kier alpha value is -2.53. The second-order valence-corrected chi connectivity index (χ2v) is 8.95. The number of nitrogens with one attached hydrogen (secondary N) is 3. The van der Waals surface area contributed by atoms with Gasteiger partial charge in [-0.05, 0) is 79.0 Å². The maximum Gasteiger partial charge on any atom is 0.155 e. The van der Waals surface area contributed by atoms with Crippen LogP contribution in [-0.4, -0.2) is 29.3 Å². The van der Waals surface area contributed by atoms with Crippen molar-refractivity contribution in [1.82, 2.24) is 15.5 Å². The van der Waals surface area contributed by atoms with E-state index in [2.05, 4.69) is 63.3 Å². The summed E-state index contributed by atoms with van der Waals surface area (Å²) >= 11 is 12.3. The molecule has 5 rings (SSSR count). The number of benzene rings is 3. The fourth-order valence-electron chi connectivity index (χ4n) is 4.37. The van der Waals surface area contributed by atoms with Crippen molar-refractivity contribution < 1.29 is 0 Å². The Balaban J connectivity index is 1.56. The van der Waals surface area contributed by atoms with Gasteiger partial charge in [0.25, 0.3) is 0 Å². The number of hydrogen-bond acceptors (Lipinski definition) is 3. The van der Waals surface area contributed by atoms with Crippen LogP contribution in [0.4, 0.5) is 5.82 Å². The Morgan fingerprint density at radius 1 is 0.806 bits per heavy atom. The number of halogens is 2. The molecule has 1 saturated heterocycles. The highest BCUT2D eigenvalue weighted by molar-refractivity contribution is 6.30. The van der Waals surface area contributed by atoms with Crippen LogP contribution in [0.1, 0.15) is 35.4 Å². The molecule has 0 unspecified atom stereocenters. The summed E-state index contributed by atoms with van der Waals surface area (Å²) in [5, 5.41) is 17.4. The lowest BCUT2D eigenvalue weighted by atomic mass is 9.85. The van der Waals surface area contributed by atoms with Gasteiger partial charge in [0.1, 0.15) is 0 Å². The molecule has 2 heterocycles. The van der Waals surface area contributed by atoms with Crippen LogP contribution in [-0.2, 0) is 0 Å². The first-order valence-corrected chi connectivity index (χ1v) is 11.4. The highest BCUT2D eigenvalue weighted by Crippen LogP contribution is 2.35. The summed E-state index contributed by atoms with van der Waals surface area (Å²) in [7, 11) is 0. The predicted octanol–water partition coefficient (Wildman–Crippen LogP) is 6.21. The van der Waals surface area contributed by atoms with E-state index in [-0.39, 0.29) is 5.92 Å². The molecule has 1 fully saturated rings. The van der Waals surface area contributed by atoms with Crippen LogP contribution < -0.4 is 10.6 Å². The third-order valence-electron chi connectivity index (χ3n) is 6.01. The first-order chi connectivity index (χ1) is 15.2. The summed E-state index contributed by atoms with van der Waals surface area (Å²) in [6.45, 7) is 2.08. The smallest absolute Gasteiger partial charge is 0.155 e. The fourth-order valence-corrected chi connectivity index (χ4v) is 4.62. The van der Waals surface area contributed by atoms with E-state index < -0.39 is 0 Å². The first kappa shape index (κ1) is 20.4. The maximum atomic E-state index is 6.16. The van der Waals surface area contributed by atoms with E-state index in [0.717, 1.165) is 52.7 Å². The van der Waals surface area contributed by atoms with Gasteiger partial charge in [-0.2, -0.15) is 5.10 Å². The molecule has 4 aromatic rings. The lowest BCUT2D eigenvalue weighted by Crippen LogP contribution is -2.35. The third-order valence-corrected chi connectivity index (χ3v) is 6.51. The van der Waals surface area contributed by atoms with Crippen molar-refractivity contribution in [3.05, 3.63) is 93.5 Å². The Morgan fingerprint density at radius 2 is 1.39 bits per heavy atom. The summed E-state index contributed by atoms with van der Waals surface area (Å²) in [6.07, 6.45) is 2.21. The van der Waals surface area contributed by atoms with E-state index in [4.69, 9.17) is 23.2 Å². The summed E-state index contributed by atoms with van der Waals surface area (Å²) in [5.74, 6) is 0.996. The Bertz CT molecular complexity index is 1120. The summed E-state index contributed by atoms with van der Waals surface area (Å²) < 4.78 is 0. The van der Waals surface area contributed by atoms with Gasteiger partial charge in [0, 0.05) is 27.4 Å². The summed E-state index contributed by atoms with van der Waals surface area (Å²) in [5.41, 5.74) is 4.60. The highest BCUT2D eigenvalue weighted by atomic mass is 35.5. The molecule has 0 spiro atoms. The van der Waals surface area contributed by atoms with E-state index in [9.17, 15) is 0 Å². The van der Waals surface area contributed by atoms with Crippen LogP contribution in [0.25, 0.3) is 10.9 Å². The summed E-state index contributed by atoms with van der Waals surface area (Å²) in [6, 6.07) is 23.1. The number of anilines is 1. The van der Waals surface area contributed by atoms with Gasteiger partial charge in [0.15, 0.2) is 5.82 Å². The fraction of sp³-hybridized carbons (Fsp3) is 0.240. The third kappa shape index (κ3) is 4.42. The number of hydrogen-bond donors (Lipinski definition) is 3. The number of H-pyrrole nitrogens is 1. The molecule has 0 saturated carbocycles. The molecule has 0 aliphatic carbocycles. The monoisotopic (exact) mass is 450 g/mol. The molecule has 3 N–H and O–H groups in total. The van der Waals surface area contributed by atoms with Crippen LogP contribution in [0, 0.1) is 0 Å². The standard InChI is InChI=1S/C25H24Cl2N4/c26-19-6-1-16(2-7-19)24(17-3-8-20(27)9-4-17)18-5-10-23-22(15-18)25(31-30-23)29-21-11-13-28-14-12-21/h1-10,15,21,24,28H,11-14H2,(H2,29,30,31). The number of aromatic amines is 1. The summed E-state index contributed by atoms with van der Waals surface area (Å²) in [4.78, 5) is 0. The van der Waals surface area contributed by atoms with Crippen LogP contribution in [0.2, 0.25) is 10.0 Å². The number of aromatic nitrogens is 2. The second kappa shape index (κ2) is 8.91. The first-order valence-electron chi connectivity index (χ1n) is 10.6. The zero-order valence-corrected chi connectivity index (χ0v) is 18.5. The molecule has 0 bridgehead atoms. The van der Waals surface area contributed by atoms with Gasteiger partial charge in [-0.3, -0.25) is 5.10 Å². The predicted molar refractivity (Wildman–Crippen MR) is 129 cm³/mol. The second-order valence-electron chi connectivity index (χ2n) is 8.08.